The summed E-state index contributed by atoms with van der Waals surface area (Å²) in [6.07, 6.45) is 0.0792. The maximum Gasteiger partial charge on any atom is 0.313 e. The molecule has 0 bridgehead atoms. The van der Waals surface area contributed by atoms with Gasteiger partial charge in [-0.2, -0.15) is 0 Å². The molecule has 1 N–H and O–H groups in total. The molecule has 0 spiro atoms. The molecule has 0 fully saturated rings. The zero-order valence-electron chi connectivity index (χ0n) is 27.5. The molecule has 1 unspecified atom stereocenters. The molecule has 1 atom stereocenters. The number of ether oxygens (including phenoxy) is 3. The van der Waals surface area contributed by atoms with Crippen molar-refractivity contribution in [2.24, 2.45) is 0 Å². The van der Waals surface area contributed by atoms with Crippen LogP contribution < -0.4 is 19.5 Å². The summed E-state index contributed by atoms with van der Waals surface area (Å²) in [7, 11) is 3.25. The van der Waals surface area contributed by atoms with E-state index in [1.54, 1.807) is 14.2 Å². The van der Waals surface area contributed by atoms with Crippen molar-refractivity contribution < 1.29 is 19.0 Å². The highest BCUT2D eigenvalue weighted by atomic mass is 16.5. The molecule has 46 heavy (non-hydrogen) atoms. The Morgan fingerprint density at radius 3 is 1.72 bits per heavy atom. The van der Waals surface area contributed by atoms with E-state index >= 15 is 0 Å². The van der Waals surface area contributed by atoms with E-state index in [1.807, 2.05) is 60.7 Å². The quantitative estimate of drug-likeness (QED) is 0.112. The van der Waals surface area contributed by atoms with Crippen molar-refractivity contribution in [1.29, 1.82) is 0 Å². The molecular weight excluding hydrogens is 570 g/mol. The fourth-order valence-corrected chi connectivity index (χ4v) is 5.94. The molecule has 5 nitrogen and oxygen atoms in total. The number of carbonyl (C=O) groups is 1. The number of nitrogens with one attached hydrogen (secondary N) is 1. The Balaban J connectivity index is 1.59. The number of hydrogen-bond donors (Lipinski definition) is 1. The van der Waals surface area contributed by atoms with E-state index in [-0.39, 0.29) is 24.2 Å². The van der Waals surface area contributed by atoms with Crippen LogP contribution in [0.15, 0.2) is 115 Å². The minimum Gasteiger partial charge on any atom is -0.497 e. The molecule has 5 rings (SSSR count). The average molecular weight is 614 g/mol. The third-order valence-corrected chi connectivity index (χ3v) is 8.29. The Morgan fingerprint density at radius 1 is 0.630 bits per heavy atom. The lowest BCUT2D eigenvalue weighted by Gasteiger charge is -2.23. The van der Waals surface area contributed by atoms with Crippen molar-refractivity contribution in [3.05, 3.63) is 132 Å². The van der Waals surface area contributed by atoms with E-state index in [9.17, 15) is 4.79 Å². The van der Waals surface area contributed by atoms with Gasteiger partial charge in [-0.1, -0.05) is 125 Å². The van der Waals surface area contributed by atoms with Crippen molar-refractivity contribution in [3.63, 3.8) is 0 Å². The summed E-state index contributed by atoms with van der Waals surface area (Å²) in [6.45, 7) is 8.74. The molecule has 0 amide bonds. The molecule has 0 aliphatic rings. The maximum atomic E-state index is 14.2. The van der Waals surface area contributed by atoms with Crippen LogP contribution in [-0.4, -0.2) is 20.2 Å². The summed E-state index contributed by atoms with van der Waals surface area (Å²) in [5.74, 6) is 2.13. The van der Waals surface area contributed by atoms with Crippen molar-refractivity contribution in [1.82, 2.24) is 0 Å². The van der Waals surface area contributed by atoms with Crippen LogP contribution in [0.25, 0.3) is 22.3 Å². The normalized spacial score (nSPS) is 11.7. The third kappa shape index (κ3) is 7.26. The van der Waals surface area contributed by atoms with Crippen LogP contribution in [0.5, 0.6) is 17.2 Å². The third-order valence-electron chi connectivity index (χ3n) is 8.29. The fourth-order valence-electron chi connectivity index (χ4n) is 5.94. The number of rotatable bonds is 12. The van der Waals surface area contributed by atoms with E-state index in [2.05, 4.69) is 87.6 Å². The second-order valence-electron chi connectivity index (χ2n) is 12.0. The van der Waals surface area contributed by atoms with Gasteiger partial charge in [-0.15, -0.1) is 0 Å². The molecule has 5 aromatic carbocycles. The van der Waals surface area contributed by atoms with Gasteiger partial charge in [0.05, 0.1) is 32.4 Å². The molecule has 0 aliphatic carbocycles. The molecular formula is C41H43NO4. The maximum absolute atomic E-state index is 14.2. The van der Waals surface area contributed by atoms with E-state index in [4.69, 9.17) is 14.2 Å². The SMILES string of the molecule is COc1ccc(OC)c(NC(CC(=O)Oc2c(-c3ccccc3C(C)C)cccc2-c2ccccc2C(C)C)c2ccccc2)c1. The van der Waals surface area contributed by atoms with Crippen LogP contribution in [0, 0.1) is 0 Å². The van der Waals surface area contributed by atoms with E-state index in [1.165, 1.54) is 11.1 Å². The van der Waals surface area contributed by atoms with Crippen molar-refractivity contribution >= 4 is 11.7 Å². The first-order chi connectivity index (χ1) is 22.3. The summed E-state index contributed by atoms with van der Waals surface area (Å²) in [6, 6.07) is 38.0. The Bertz CT molecular complexity index is 1710. The number of methoxy groups -OCH3 is 2. The second kappa shape index (κ2) is 14.8. The number of hydrogen-bond acceptors (Lipinski definition) is 5. The van der Waals surface area contributed by atoms with Crippen molar-refractivity contribution in [2.45, 2.75) is 52.0 Å². The topological polar surface area (TPSA) is 56.8 Å². The minimum absolute atomic E-state index is 0.0792. The summed E-state index contributed by atoms with van der Waals surface area (Å²) in [5, 5.41) is 3.54. The molecule has 5 heteroatoms. The summed E-state index contributed by atoms with van der Waals surface area (Å²) in [4.78, 5) is 14.2. The molecule has 0 aliphatic heterocycles. The van der Waals surface area contributed by atoms with Gasteiger partial charge in [0, 0.05) is 17.2 Å². The van der Waals surface area contributed by atoms with Gasteiger partial charge in [0.1, 0.15) is 17.2 Å². The van der Waals surface area contributed by atoms with Gasteiger partial charge in [-0.25, -0.2) is 0 Å². The Labute approximate surface area is 273 Å². The fraction of sp³-hybridized carbons (Fsp3) is 0.244. The molecule has 236 valence electrons. The monoisotopic (exact) mass is 613 g/mol. The molecule has 0 saturated carbocycles. The summed E-state index contributed by atoms with van der Waals surface area (Å²) >= 11 is 0. The largest absolute Gasteiger partial charge is 0.497 e. The first-order valence-corrected chi connectivity index (χ1v) is 15.9. The average Bonchev–Trinajstić information content (AvgIpc) is 3.08. The van der Waals surface area contributed by atoms with E-state index < -0.39 is 6.04 Å². The van der Waals surface area contributed by atoms with Gasteiger partial charge in [0.15, 0.2) is 0 Å². The van der Waals surface area contributed by atoms with E-state index in [0.717, 1.165) is 33.5 Å². The molecule has 0 saturated heterocycles. The van der Waals surface area contributed by atoms with Gasteiger partial charge in [-0.05, 0) is 51.8 Å². The number of anilines is 1. The van der Waals surface area contributed by atoms with Crippen LogP contribution in [0.1, 0.15) is 68.7 Å². The molecule has 0 radical (unpaired) electrons. The molecule has 0 aromatic heterocycles. The first-order valence-electron chi connectivity index (χ1n) is 15.9. The van der Waals surface area contributed by atoms with E-state index in [0.29, 0.717) is 17.2 Å². The van der Waals surface area contributed by atoms with Gasteiger partial charge in [-0.3, -0.25) is 4.79 Å². The molecule has 5 aromatic rings. The molecule has 0 heterocycles. The Morgan fingerprint density at radius 2 is 1.17 bits per heavy atom. The summed E-state index contributed by atoms with van der Waals surface area (Å²) in [5.41, 5.74) is 7.98. The zero-order chi connectivity index (χ0) is 32.6. The number of para-hydroxylation sites is 1. The van der Waals surface area contributed by atoms with Crippen LogP contribution in [0.4, 0.5) is 5.69 Å². The van der Waals surface area contributed by atoms with Gasteiger partial charge in [0.2, 0.25) is 0 Å². The van der Waals surface area contributed by atoms with Crippen molar-refractivity contribution in [3.8, 4) is 39.5 Å². The smallest absolute Gasteiger partial charge is 0.313 e. The standard InChI is InChI=1S/C41H43NO4/c1-27(2)31-17-10-12-19-33(31)35-21-14-22-36(34-20-13-11-18-32(34)28(3)4)41(35)46-40(43)26-37(29-15-8-7-9-16-29)42-38-25-30(44-5)23-24-39(38)45-6/h7-25,27-28,37,42H,26H2,1-6H3. The van der Waals surface area contributed by atoms with Gasteiger partial charge >= 0.3 is 5.97 Å². The summed E-state index contributed by atoms with van der Waals surface area (Å²) < 4.78 is 17.6. The lowest BCUT2D eigenvalue weighted by Crippen LogP contribution is -2.20. The Kier molecular flexibility index (Phi) is 10.4. The minimum atomic E-state index is -0.392. The van der Waals surface area contributed by atoms with Crippen molar-refractivity contribution in [2.75, 3.05) is 19.5 Å². The van der Waals surface area contributed by atoms with Gasteiger partial charge in [0.25, 0.3) is 0 Å². The highest BCUT2D eigenvalue weighted by molar-refractivity contribution is 5.88. The number of carbonyl (C=O) groups excluding carboxylic acids is 1. The first kappa shape index (κ1) is 32.4. The predicted molar refractivity (Wildman–Crippen MR) is 188 cm³/mol. The highest BCUT2D eigenvalue weighted by Crippen LogP contribution is 2.44. The number of esters is 1. The van der Waals surface area contributed by atoms with Crippen LogP contribution in [0.2, 0.25) is 0 Å². The number of benzene rings is 5. The predicted octanol–water partition coefficient (Wildman–Crippen LogP) is 10.4. The lowest BCUT2D eigenvalue weighted by molar-refractivity contribution is -0.134. The highest BCUT2D eigenvalue weighted by Gasteiger charge is 2.24. The second-order valence-corrected chi connectivity index (χ2v) is 12.0. The zero-order valence-corrected chi connectivity index (χ0v) is 27.5. The van der Waals surface area contributed by atoms with Crippen LogP contribution in [0.3, 0.4) is 0 Å². The lowest BCUT2D eigenvalue weighted by atomic mass is 9.87. The van der Waals surface area contributed by atoms with Crippen LogP contribution >= 0.6 is 0 Å². The van der Waals surface area contributed by atoms with Crippen LogP contribution in [-0.2, 0) is 4.79 Å². The Hall–Kier alpha value is -5.03. The van der Waals surface area contributed by atoms with Gasteiger partial charge < -0.3 is 19.5 Å².